The largest absolute Gasteiger partial charge is 0.346 e. The van der Waals surface area contributed by atoms with Crippen molar-refractivity contribution in [3.8, 4) is 0 Å². The van der Waals surface area contributed by atoms with Gasteiger partial charge in [-0.1, -0.05) is 12.1 Å². The highest BCUT2D eigenvalue weighted by Crippen LogP contribution is 2.30. The smallest absolute Gasteiger partial charge is 0.226 e. The van der Waals surface area contributed by atoms with E-state index in [1.807, 2.05) is 14.0 Å². The second kappa shape index (κ2) is 5.17. The molecule has 3 rings (SSSR count). The summed E-state index contributed by atoms with van der Waals surface area (Å²) < 4.78 is 7.31. The zero-order valence-corrected chi connectivity index (χ0v) is 11.5. The Bertz CT molecular complexity index is 558. The Morgan fingerprint density at radius 3 is 3.11 bits per heavy atom. The van der Waals surface area contributed by atoms with Crippen LogP contribution in [0.15, 0.2) is 16.9 Å². The van der Waals surface area contributed by atoms with Gasteiger partial charge in [-0.2, -0.15) is 4.98 Å². The topological polar surface area (TPSA) is 55.9 Å². The molecular formula is C14H20N4O. The van der Waals surface area contributed by atoms with Gasteiger partial charge in [0.15, 0.2) is 5.82 Å². The number of rotatable bonds is 4. The molecule has 5 nitrogen and oxygen atoms in total. The molecule has 1 aliphatic rings. The van der Waals surface area contributed by atoms with Crippen LogP contribution in [0, 0.1) is 0 Å². The molecule has 1 unspecified atom stereocenters. The van der Waals surface area contributed by atoms with E-state index in [4.69, 9.17) is 4.52 Å². The van der Waals surface area contributed by atoms with Crippen LogP contribution in [0.25, 0.3) is 0 Å². The molecule has 2 aromatic heterocycles. The SMILES string of the molecule is CCc1nc(Cn2cc3c(c2)C(NC)CCC3)no1. The highest BCUT2D eigenvalue weighted by atomic mass is 16.5. The van der Waals surface area contributed by atoms with E-state index in [1.165, 1.54) is 30.4 Å². The molecule has 0 amide bonds. The second-order valence-electron chi connectivity index (χ2n) is 5.10. The van der Waals surface area contributed by atoms with Crippen molar-refractivity contribution in [2.75, 3.05) is 7.05 Å². The number of hydrogen-bond donors (Lipinski definition) is 1. The molecule has 0 aromatic carbocycles. The molecule has 0 radical (unpaired) electrons. The minimum absolute atomic E-state index is 0.487. The Hall–Kier alpha value is -1.62. The van der Waals surface area contributed by atoms with Crippen LogP contribution in [0.1, 0.15) is 48.6 Å². The van der Waals surface area contributed by atoms with E-state index in [0.29, 0.717) is 18.5 Å². The average molecular weight is 260 g/mol. The van der Waals surface area contributed by atoms with E-state index in [0.717, 1.165) is 12.2 Å². The summed E-state index contributed by atoms with van der Waals surface area (Å²) in [4.78, 5) is 4.36. The number of hydrogen-bond acceptors (Lipinski definition) is 4. The Kier molecular flexibility index (Phi) is 3.38. The number of aromatic nitrogens is 3. The van der Waals surface area contributed by atoms with Gasteiger partial charge < -0.3 is 14.4 Å². The Morgan fingerprint density at radius 1 is 1.47 bits per heavy atom. The van der Waals surface area contributed by atoms with E-state index in [9.17, 15) is 0 Å². The lowest BCUT2D eigenvalue weighted by Gasteiger charge is -2.21. The van der Waals surface area contributed by atoms with Gasteiger partial charge >= 0.3 is 0 Å². The third kappa shape index (κ3) is 2.42. The quantitative estimate of drug-likeness (QED) is 0.914. The number of nitrogens with zero attached hydrogens (tertiary/aromatic N) is 3. The van der Waals surface area contributed by atoms with Gasteiger partial charge in [-0.15, -0.1) is 0 Å². The second-order valence-corrected chi connectivity index (χ2v) is 5.10. The summed E-state index contributed by atoms with van der Waals surface area (Å²) in [5.74, 6) is 1.46. The molecule has 1 N–H and O–H groups in total. The van der Waals surface area contributed by atoms with Crippen molar-refractivity contribution in [1.29, 1.82) is 0 Å². The summed E-state index contributed by atoms with van der Waals surface area (Å²) in [5, 5.41) is 7.39. The van der Waals surface area contributed by atoms with E-state index in [1.54, 1.807) is 0 Å². The van der Waals surface area contributed by atoms with Crippen molar-refractivity contribution in [2.45, 2.75) is 45.2 Å². The molecular weight excluding hydrogens is 240 g/mol. The highest BCUT2D eigenvalue weighted by Gasteiger charge is 2.20. The van der Waals surface area contributed by atoms with Gasteiger partial charge in [-0.05, 0) is 37.4 Å². The zero-order valence-electron chi connectivity index (χ0n) is 11.5. The molecule has 19 heavy (non-hydrogen) atoms. The van der Waals surface area contributed by atoms with Crippen LogP contribution in [-0.2, 0) is 19.4 Å². The lowest BCUT2D eigenvalue weighted by molar-refractivity contribution is 0.375. The van der Waals surface area contributed by atoms with Crippen LogP contribution in [0.3, 0.4) is 0 Å². The molecule has 0 saturated heterocycles. The number of aryl methyl sites for hydroxylation is 2. The fraction of sp³-hybridized carbons (Fsp3) is 0.571. The molecule has 0 bridgehead atoms. The van der Waals surface area contributed by atoms with Crippen LogP contribution in [-0.4, -0.2) is 21.8 Å². The van der Waals surface area contributed by atoms with Gasteiger partial charge in [0.2, 0.25) is 5.89 Å². The zero-order chi connectivity index (χ0) is 13.2. The molecule has 0 fully saturated rings. The average Bonchev–Trinajstić information content (AvgIpc) is 3.04. The normalized spacial score (nSPS) is 18.5. The maximum absolute atomic E-state index is 5.14. The first-order chi connectivity index (χ1) is 9.30. The number of fused-ring (bicyclic) bond motifs is 1. The van der Waals surface area contributed by atoms with Crippen LogP contribution < -0.4 is 5.32 Å². The van der Waals surface area contributed by atoms with Crippen LogP contribution in [0.2, 0.25) is 0 Å². The maximum atomic E-state index is 5.14. The lowest BCUT2D eigenvalue weighted by atomic mass is 9.91. The van der Waals surface area contributed by atoms with Gasteiger partial charge in [0.05, 0.1) is 6.54 Å². The molecule has 2 heterocycles. The molecule has 102 valence electrons. The fourth-order valence-corrected chi connectivity index (χ4v) is 2.80. The minimum Gasteiger partial charge on any atom is -0.346 e. The molecule has 5 heteroatoms. The predicted octanol–water partition coefficient (Wildman–Crippen LogP) is 2.08. The van der Waals surface area contributed by atoms with Crippen molar-refractivity contribution in [3.05, 3.63) is 35.2 Å². The summed E-state index contributed by atoms with van der Waals surface area (Å²) in [7, 11) is 2.03. The third-order valence-corrected chi connectivity index (χ3v) is 3.80. The molecule has 1 aliphatic carbocycles. The van der Waals surface area contributed by atoms with Crippen molar-refractivity contribution in [3.63, 3.8) is 0 Å². The van der Waals surface area contributed by atoms with E-state index in [-0.39, 0.29) is 0 Å². The van der Waals surface area contributed by atoms with Crippen LogP contribution >= 0.6 is 0 Å². The molecule has 0 spiro atoms. The van der Waals surface area contributed by atoms with Crippen molar-refractivity contribution < 1.29 is 4.52 Å². The maximum Gasteiger partial charge on any atom is 0.226 e. The van der Waals surface area contributed by atoms with Crippen LogP contribution in [0.4, 0.5) is 0 Å². The third-order valence-electron chi connectivity index (χ3n) is 3.80. The predicted molar refractivity (Wildman–Crippen MR) is 71.9 cm³/mol. The van der Waals surface area contributed by atoms with Crippen LogP contribution in [0.5, 0.6) is 0 Å². The standard InChI is InChI=1S/C14H20N4O/c1-3-14-16-13(17-19-14)9-18-7-10-5-4-6-12(15-2)11(10)8-18/h7-8,12,15H,3-6,9H2,1-2H3. The molecule has 1 atom stereocenters. The summed E-state index contributed by atoms with van der Waals surface area (Å²) in [5.41, 5.74) is 2.87. The highest BCUT2D eigenvalue weighted by molar-refractivity contribution is 5.30. The van der Waals surface area contributed by atoms with Gasteiger partial charge in [0.25, 0.3) is 0 Å². The van der Waals surface area contributed by atoms with Crippen molar-refractivity contribution >= 4 is 0 Å². The Balaban J connectivity index is 1.80. The van der Waals surface area contributed by atoms with Gasteiger partial charge in [0.1, 0.15) is 0 Å². The lowest BCUT2D eigenvalue weighted by Crippen LogP contribution is -2.20. The van der Waals surface area contributed by atoms with E-state index in [2.05, 4.69) is 32.4 Å². The fourth-order valence-electron chi connectivity index (χ4n) is 2.80. The Morgan fingerprint density at radius 2 is 2.37 bits per heavy atom. The minimum atomic E-state index is 0.487. The first kappa shape index (κ1) is 12.4. The van der Waals surface area contributed by atoms with Gasteiger partial charge in [-0.3, -0.25) is 0 Å². The van der Waals surface area contributed by atoms with Crippen molar-refractivity contribution in [1.82, 2.24) is 20.0 Å². The molecule has 0 aliphatic heterocycles. The molecule has 0 saturated carbocycles. The summed E-state index contributed by atoms with van der Waals surface area (Å²) in [6.45, 7) is 2.70. The monoisotopic (exact) mass is 260 g/mol. The van der Waals surface area contributed by atoms with Gasteiger partial charge in [-0.25, -0.2) is 0 Å². The summed E-state index contributed by atoms with van der Waals surface area (Å²) >= 11 is 0. The van der Waals surface area contributed by atoms with Gasteiger partial charge in [0, 0.05) is 24.9 Å². The number of nitrogens with one attached hydrogen (secondary N) is 1. The summed E-state index contributed by atoms with van der Waals surface area (Å²) in [6.07, 6.45) is 8.88. The summed E-state index contributed by atoms with van der Waals surface area (Å²) in [6, 6.07) is 0.487. The first-order valence-corrected chi connectivity index (χ1v) is 6.97. The Labute approximate surface area is 113 Å². The van der Waals surface area contributed by atoms with E-state index < -0.39 is 0 Å². The molecule has 2 aromatic rings. The van der Waals surface area contributed by atoms with E-state index >= 15 is 0 Å². The van der Waals surface area contributed by atoms with Crippen molar-refractivity contribution in [2.24, 2.45) is 0 Å². The first-order valence-electron chi connectivity index (χ1n) is 6.97.